The summed E-state index contributed by atoms with van der Waals surface area (Å²) in [5, 5.41) is 6.57. The maximum Gasteiger partial charge on any atom is 0.471 e. The number of carbonyl (C=O) groups excluding carboxylic acids is 2. The van der Waals surface area contributed by atoms with Crippen molar-refractivity contribution in [1.29, 1.82) is 0 Å². The number of nitrogens with zero attached hydrogens (tertiary/aromatic N) is 3. The average Bonchev–Trinajstić information content (AvgIpc) is 3.15. The molecule has 2 amide bonds. The van der Waals surface area contributed by atoms with Gasteiger partial charge in [0.25, 0.3) is 5.91 Å². The summed E-state index contributed by atoms with van der Waals surface area (Å²) in [5.41, 5.74) is 1.51. The first-order valence-corrected chi connectivity index (χ1v) is 10.9. The average molecular weight is 448 g/mol. The molecule has 2 unspecified atom stereocenters. The van der Waals surface area contributed by atoms with Crippen molar-refractivity contribution in [1.82, 2.24) is 20.4 Å². The number of benzene rings is 1. The van der Waals surface area contributed by atoms with Crippen LogP contribution in [0.3, 0.4) is 0 Å². The summed E-state index contributed by atoms with van der Waals surface area (Å²) in [4.78, 5) is 30.9. The minimum atomic E-state index is -4.73. The summed E-state index contributed by atoms with van der Waals surface area (Å²) in [7, 11) is 0. The molecule has 2 aromatic rings. The van der Waals surface area contributed by atoms with Crippen molar-refractivity contribution >= 4 is 11.8 Å². The van der Waals surface area contributed by atoms with Gasteiger partial charge in [-0.1, -0.05) is 37.1 Å². The standard InChI is InChI=1S/C22H23F3N4O3/c1-11-8-14(11)19(30)26-16-4-2-3-5-17(16)29-10-13-7-6-12(9-15(13)20(29)31)18-27-21(32-28-18)22(23,24)25/h6-7,9,11,14,16-17H,2-5,8,10H2,1H3,(H,26,30)/t11?,14?,16-,17-/m1/s1. The number of amides is 2. The minimum absolute atomic E-state index is 0.0680. The van der Waals surface area contributed by atoms with E-state index in [0.717, 1.165) is 37.7 Å². The lowest BCUT2D eigenvalue weighted by Gasteiger charge is -2.38. The molecule has 3 aliphatic rings. The van der Waals surface area contributed by atoms with Gasteiger partial charge in [0.05, 0.1) is 6.04 Å². The van der Waals surface area contributed by atoms with Crippen LogP contribution in [0.1, 0.15) is 60.8 Å². The van der Waals surface area contributed by atoms with Crippen LogP contribution in [0.2, 0.25) is 0 Å². The van der Waals surface area contributed by atoms with Crippen molar-refractivity contribution in [3.05, 3.63) is 35.2 Å². The largest absolute Gasteiger partial charge is 0.471 e. The van der Waals surface area contributed by atoms with Gasteiger partial charge in [0.1, 0.15) is 0 Å². The van der Waals surface area contributed by atoms with Crippen LogP contribution < -0.4 is 5.32 Å². The lowest BCUT2D eigenvalue weighted by Crippen LogP contribution is -2.53. The SMILES string of the molecule is CC1CC1C(=O)N[C@@H]1CCCC[C@H]1N1Cc2ccc(-c3noc(C(F)(F)F)n3)cc2C1=O. The number of fused-ring (bicyclic) bond motifs is 1. The summed E-state index contributed by atoms with van der Waals surface area (Å²) in [5.74, 6) is -1.27. The van der Waals surface area contributed by atoms with Crippen LogP contribution >= 0.6 is 0 Å². The summed E-state index contributed by atoms with van der Waals surface area (Å²) < 4.78 is 42.6. The Kier molecular flexibility index (Phi) is 4.98. The molecule has 0 saturated heterocycles. The molecular weight excluding hydrogens is 425 g/mol. The molecule has 10 heteroatoms. The van der Waals surface area contributed by atoms with Gasteiger partial charge in [-0.3, -0.25) is 9.59 Å². The van der Waals surface area contributed by atoms with Crippen molar-refractivity contribution in [3.63, 3.8) is 0 Å². The van der Waals surface area contributed by atoms with Gasteiger partial charge in [0, 0.05) is 29.6 Å². The molecule has 1 aromatic heterocycles. The fourth-order valence-electron chi connectivity index (χ4n) is 4.82. The number of aromatic nitrogens is 2. The number of halogens is 3. The van der Waals surface area contributed by atoms with Gasteiger partial charge >= 0.3 is 12.1 Å². The summed E-state index contributed by atoms with van der Waals surface area (Å²) in [6.07, 6.45) is -0.214. The Labute approximate surface area is 182 Å². The molecule has 2 saturated carbocycles. The summed E-state index contributed by atoms with van der Waals surface area (Å²) in [6, 6.07) is 4.63. The topological polar surface area (TPSA) is 88.3 Å². The highest BCUT2D eigenvalue weighted by atomic mass is 19.4. The van der Waals surface area contributed by atoms with E-state index in [9.17, 15) is 22.8 Å². The third-order valence-corrected chi connectivity index (χ3v) is 6.77. The first kappa shape index (κ1) is 21.0. The van der Waals surface area contributed by atoms with Gasteiger partial charge in [-0.15, -0.1) is 0 Å². The zero-order valence-electron chi connectivity index (χ0n) is 17.5. The molecule has 0 spiro atoms. The third-order valence-electron chi connectivity index (χ3n) is 6.77. The van der Waals surface area contributed by atoms with Gasteiger partial charge in [0.2, 0.25) is 11.7 Å². The Morgan fingerprint density at radius 3 is 2.69 bits per heavy atom. The second kappa shape index (κ2) is 7.60. The quantitative estimate of drug-likeness (QED) is 0.769. The molecule has 1 N–H and O–H groups in total. The number of alkyl halides is 3. The van der Waals surface area contributed by atoms with Crippen LogP contribution in [0.15, 0.2) is 22.7 Å². The Morgan fingerprint density at radius 2 is 2.00 bits per heavy atom. The van der Waals surface area contributed by atoms with Crippen molar-refractivity contribution in [2.24, 2.45) is 11.8 Å². The van der Waals surface area contributed by atoms with Gasteiger partial charge < -0.3 is 14.7 Å². The van der Waals surface area contributed by atoms with Gasteiger partial charge in [-0.25, -0.2) is 0 Å². The monoisotopic (exact) mass is 448 g/mol. The Hall–Kier alpha value is -2.91. The third kappa shape index (κ3) is 3.75. The lowest BCUT2D eigenvalue weighted by molar-refractivity contribution is -0.159. The van der Waals surface area contributed by atoms with E-state index in [1.165, 1.54) is 6.07 Å². The van der Waals surface area contributed by atoms with Crippen molar-refractivity contribution < 1.29 is 27.3 Å². The van der Waals surface area contributed by atoms with Crippen LogP contribution in [-0.2, 0) is 17.5 Å². The smallest absolute Gasteiger partial charge is 0.351 e. The van der Waals surface area contributed by atoms with E-state index in [2.05, 4.69) is 26.9 Å². The van der Waals surface area contributed by atoms with E-state index >= 15 is 0 Å². The van der Waals surface area contributed by atoms with Crippen LogP contribution in [0.5, 0.6) is 0 Å². The molecule has 0 bridgehead atoms. The lowest BCUT2D eigenvalue weighted by atomic mass is 9.89. The predicted molar refractivity (Wildman–Crippen MR) is 106 cm³/mol. The van der Waals surface area contributed by atoms with Crippen LogP contribution in [0.25, 0.3) is 11.4 Å². The van der Waals surface area contributed by atoms with Crippen LogP contribution in [-0.4, -0.2) is 38.9 Å². The normalized spacial score (nSPS) is 27.4. The molecule has 4 atom stereocenters. The molecule has 7 nitrogen and oxygen atoms in total. The van der Waals surface area contributed by atoms with Gasteiger partial charge in [-0.2, -0.15) is 18.2 Å². The molecule has 5 rings (SSSR count). The molecule has 0 radical (unpaired) electrons. The maximum absolute atomic E-state index is 13.2. The van der Waals surface area contributed by atoms with E-state index in [1.807, 2.05) is 0 Å². The van der Waals surface area contributed by atoms with E-state index in [1.54, 1.807) is 17.0 Å². The summed E-state index contributed by atoms with van der Waals surface area (Å²) in [6.45, 7) is 2.47. The fourth-order valence-corrected chi connectivity index (χ4v) is 4.82. The van der Waals surface area contributed by atoms with Crippen molar-refractivity contribution in [3.8, 4) is 11.4 Å². The zero-order chi connectivity index (χ0) is 22.6. The highest BCUT2D eigenvalue weighted by molar-refractivity contribution is 5.99. The predicted octanol–water partition coefficient (Wildman–Crippen LogP) is 3.79. The highest BCUT2D eigenvalue weighted by Gasteiger charge is 2.43. The fraction of sp³-hybridized carbons (Fsp3) is 0.545. The van der Waals surface area contributed by atoms with E-state index in [4.69, 9.17) is 0 Å². The van der Waals surface area contributed by atoms with Crippen LogP contribution in [0, 0.1) is 11.8 Å². The maximum atomic E-state index is 13.2. The molecular formula is C22H23F3N4O3. The second-order valence-corrected chi connectivity index (χ2v) is 9.01. The van der Waals surface area contributed by atoms with E-state index in [0.29, 0.717) is 18.0 Å². The van der Waals surface area contributed by atoms with Crippen molar-refractivity contribution in [2.45, 2.75) is 63.8 Å². The molecule has 1 aromatic carbocycles. The van der Waals surface area contributed by atoms with E-state index < -0.39 is 12.1 Å². The zero-order valence-corrected chi connectivity index (χ0v) is 17.5. The molecule has 2 heterocycles. The van der Waals surface area contributed by atoms with Crippen LogP contribution in [0.4, 0.5) is 13.2 Å². The van der Waals surface area contributed by atoms with E-state index in [-0.39, 0.29) is 41.2 Å². The van der Waals surface area contributed by atoms with Gasteiger partial charge in [-0.05, 0) is 36.8 Å². The Morgan fingerprint density at radius 1 is 1.25 bits per heavy atom. The number of nitrogens with one attached hydrogen (secondary N) is 1. The second-order valence-electron chi connectivity index (χ2n) is 9.01. The highest BCUT2D eigenvalue weighted by Crippen LogP contribution is 2.39. The number of rotatable bonds is 4. The number of hydrogen-bond donors (Lipinski definition) is 1. The molecule has 32 heavy (non-hydrogen) atoms. The number of hydrogen-bond acceptors (Lipinski definition) is 5. The Balaban J connectivity index is 1.35. The van der Waals surface area contributed by atoms with Gasteiger partial charge in [0.15, 0.2) is 0 Å². The first-order valence-electron chi connectivity index (χ1n) is 10.9. The minimum Gasteiger partial charge on any atom is -0.351 e. The molecule has 170 valence electrons. The first-order chi connectivity index (χ1) is 15.2. The molecule has 1 aliphatic heterocycles. The molecule has 2 fully saturated rings. The Bertz CT molecular complexity index is 1070. The number of carbonyl (C=O) groups is 2. The van der Waals surface area contributed by atoms with Crippen molar-refractivity contribution in [2.75, 3.05) is 0 Å². The summed E-state index contributed by atoms with van der Waals surface area (Å²) >= 11 is 0. The molecule has 2 aliphatic carbocycles.